The van der Waals surface area contributed by atoms with Crippen molar-refractivity contribution in [3.8, 4) is 0 Å². The van der Waals surface area contributed by atoms with Crippen LogP contribution in [0.5, 0.6) is 0 Å². The number of carbonyl (C=O) groups is 1. The van der Waals surface area contributed by atoms with Crippen LogP contribution in [0.2, 0.25) is 0 Å². The zero-order chi connectivity index (χ0) is 16.7. The average Bonchev–Trinajstić information content (AvgIpc) is 3.19. The number of pyridine rings is 1. The quantitative estimate of drug-likeness (QED) is 0.802. The molecule has 3 aromatic rings. The number of imidazole rings is 1. The highest BCUT2D eigenvalue weighted by Crippen LogP contribution is 2.21. The molecule has 1 aliphatic heterocycles. The van der Waals surface area contributed by atoms with Crippen molar-refractivity contribution < 1.29 is 4.79 Å². The summed E-state index contributed by atoms with van der Waals surface area (Å²) in [6.07, 6.45) is 5.89. The van der Waals surface area contributed by atoms with E-state index < -0.39 is 0 Å². The van der Waals surface area contributed by atoms with Crippen LogP contribution in [0, 0.1) is 6.92 Å². The van der Waals surface area contributed by atoms with Crippen molar-refractivity contribution >= 4 is 11.6 Å². The summed E-state index contributed by atoms with van der Waals surface area (Å²) in [6.45, 7) is 5.53. The second-order valence-corrected chi connectivity index (χ2v) is 6.36. The van der Waals surface area contributed by atoms with Crippen LogP contribution in [0.1, 0.15) is 35.1 Å². The number of aromatic nitrogens is 4. The standard InChI is InChI=1S/C18H21N5O/c1-3-15-14-11-22(8-6-16(14)21-20-15)17(24)9-13-10-19-18-12(2)5-4-7-23(13)18/h4-5,7,10H,3,6,8-9,11H2,1-2H3,(H,20,21). The lowest BCUT2D eigenvalue weighted by Gasteiger charge is -2.27. The Morgan fingerprint density at radius 2 is 2.29 bits per heavy atom. The van der Waals surface area contributed by atoms with E-state index in [1.54, 1.807) is 0 Å². The topological polar surface area (TPSA) is 66.3 Å². The Kier molecular flexibility index (Phi) is 3.59. The van der Waals surface area contributed by atoms with Gasteiger partial charge in [-0.1, -0.05) is 13.0 Å². The van der Waals surface area contributed by atoms with Gasteiger partial charge in [-0.3, -0.25) is 9.89 Å². The monoisotopic (exact) mass is 323 g/mol. The van der Waals surface area contributed by atoms with Crippen molar-refractivity contribution in [2.75, 3.05) is 6.54 Å². The van der Waals surface area contributed by atoms with Crippen LogP contribution >= 0.6 is 0 Å². The molecule has 24 heavy (non-hydrogen) atoms. The van der Waals surface area contributed by atoms with E-state index in [4.69, 9.17) is 0 Å². The summed E-state index contributed by atoms with van der Waals surface area (Å²) >= 11 is 0. The molecule has 0 spiro atoms. The van der Waals surface area contributed by atoms with Gasteiger partial charge < -0.3 is 9.30 Å². The molecule has 0 unspecified atom stereocenters. The van der Waals surface area contributed by atoms with E-state index in [0.717, 1.165) is 42.0 Å². The number of H-pyrrole nitrogens is 1. The van der Waals surface area contributed by atoms with Crippen molar-refractivity contribution in [2.24, 2.45) is 0 Å². The Morgan fingerprint density at radius 3 is 3.12 bits per heavy atom. The smallest absolute Gasteiger partial charge is 0.228 e. The van der Waals surface area contributed by atoms with Gasteiger partial charge in [0.2, 0.25) is 5.91 Å². The number of amides is 1. The molecule has 1 amide bonds. The number of nitrogens with zero attached hydrogens (tertiary/aromatic N) is 4. The van der Waals surface area contributed by atoms with Crippen LogP contribution in [0.25, 0.3) is 5.65 Å². The highest BCUT2D eigenvalue weighted by atomic mass is 16.2. The van der Waals surface area contributed by atoms with E-state index in [1.165, 1.54) is 11.3 Å². The SMILES string of the molecule is CCc1n[nH]c2c1CN(C(=O)Cc1cnc3c(C)cccn13)CC2. The van der Waals surface area contributed by atoms with Gasteiger partial charge in [0.25, 0.3) is 0 Å². The number of nitrogens with one attached hydrogen (secondary N) is 1. The van der Waals surface area contributed by atoms with Crippen molar-refractivity contribution in [1.82, 2.24) is 24.5 Å². The fourth-order valence-corrected chi connectivity index (χ4v) is 3.46. The first-order valence-electron chi connectivity index (χ1n) is 8.41. The van der Waals surface area contributed by atoms with Crippen LogP contribution in [-0.4, -0.2) is 36.9 Å². The van der Waals surface area contributed by atoms with E-state index >= 15 is 0 Å². The lowest BCUT2D eigenvalue weighted by molar-refractivity contribution is -0.131. The van der Waals surface area contributed by atoms with Gasteiger partial charge in [-0.2, -0.15) is 5.10 Å². The van der Waals surface area contributed by atoms with Crippen LogP contribution in [0.3, 0.4) is 0 Å². The van der Waals surface area contributed by atoms with Crippen molar-refractivity contribution in [2.45, 2.75) is 39.7 Å². The maximum absolute atomic E-state index is 12.8. The third-order valence-electron chi connectivity index (χ3n) is 4.85. The summed E-state index contributed by atoms with van der Waals surface area (Å²) in [7, 11) is 0. The Hall–Kier alpha value is -2.63. The number of fused-ring (bicyclic) bond motifs is 2. The number of aryl methyl sites for hydroxylation is 2. The number of aromatic amines is 1. The molecule has 1 aliphatic rings. The third kappa shape index (κ3) is 2.38. The lowest BCUT2D eigenvalue weighted by Crippen LogP contribution is -2.37. The van der Waals surface area contributed by atoms with Crippen molar-refractivity contribution in [3.63, 3.8) is 0 Å². The van der Waals surface area contributed by atoms with Gasteiger partial charge in [0.05, 0.1) is 17.8 Å². The first-order valence-corrected chi connectivity index (χ1v) is 8.41. The second kappa shape index (κ2) is 5.78. The summed E-state index contributed by atoms with van der Waals surface area (Å²) in [5.41, 5.74) is 6.43. The summed E-state index contributed by atoms with van der Waals surface area (Å²) in [5, 5.41) is 7.47. The second-order valence-electron chi connectivity index (χ2n) is 6.36. The number of hydrogen-bond donors (Lipinski definition) is 1. The largest absolute Gasteiger partial charge is 0.338 e. The van der Waals surface area contributed by atoms with Crippen LogP contribution in [0.4, 0.5) is 0 Å². The molecule has 124 valence electrons. The maximum atomic E-state index is 12.8. The van der Waals surface area contributed by atoms with Crippen LogP contribution in [-0.2, 0) is 30.6 Å². The minimum Gasteiger partial charge on any atom is -0.338 e. The average molecular weight is 323 g/mol. The van der Waals surface area contributed by atoms with Crippen LogP contribution in [0.15, 0.2) is 24.5 Å². The Bertz CT molecular complexity index is 894. The molecule has 4 heterocycles. The first kappa shape index (κ1) is 14.9. The molecule has 0 saturated carbocycles. The number of hydrogen-bond acceptors (Lipinski definition) is 3. The summed E-state index contributed by atoms with van der Waals surface area (Å²) in [5.74, 6) is 0.146. The minimum atomic E-state index is 0.146. The van der Waals surface area contributed by atoms with Gasteiger partial charge in [-0.25, -0.2) is 4.98 Å². The molecule has 0 saturated heterocycles. The van der Waals surface area contributed by atoms with Gasteiger partial charge >= 0.3 is 0 Å². The van der Waals surface area contributed by atoms with Gasteiger partial charge in [0.1, 0.15) is 5.65 Å². The molecule has 0 bridgehead atoms. The molecule has 1 N–H and O–H groups in total. The predicted molar refractivity (Wildman–Crippen MR) is 90.7 cm³/mol. The highest BCUT2D eigenvalue weighted by molar-refractivity contribution is 5.79. The number of rotatable bonds is 3. The Labute approximate surface area is 140 Å². The van der Waals surface area contributed by atoms with E-state index in [9.17, 15) is 4.79 Å². The molecule has 0 radical (unpaired) electrons. The van der Waals surface area contributed by atoms with E-state index in [1.807, 2.05) is 40.8 Å². The van der Waals surface area contributed by atoms with Gasteiger partial charge in [0, 0.05) is 43.2 Å². The molecule has 3 aromatic heterocycles. The van der Waals surface area contributed by atoms with E-state index in [0.29, 0.717) is 13.0 Å². The molecular weight excluding hydrogens is 302 g/mol. The third-order valence-corrected chi connectivity index (χ3v) is 4.85. The number of carbonyl (C=O) groups excluding carboxylic acids is 1. The molecule has 6 heteroatoms. The normalized spacial score (nSPS) is 14.2. The van der Waals surface area contributed by atoms with Crippen molar-refractivity contribution in [3.05, 3.63) is 52.7 Å². The minimum absolute atomic E-state index is 0.146. The Balaban J connectivity index is 1.55. The molecular formula is C18H21N5O. The zero-order valence-electron chi connectivity index (χ0n) is 14.0. The molecule has 0 fully saturated rings. The summed E-state index contributed by atoms with van der Waals surface area (Å²) in [4.78, 5) is 19.2. The predicted octanol–water partition coefficient (Wildman–Crippen LogP) is 2.06. The fourth-order valence-electron chi connectivity index (χ4n) is 3.46. The Morgan fingerprint density at radius 1 is 1.42 bits per heavy atom. The zero-order valence-corrected chi connectivity index (χ0v) is 14.0. The first-order chi connectivity index (χ1) is 11.7. The van der Waals surface area contributed by atoms with Gasteiger partial charge in [0.15, 0.2) is 0 Å². The van der Waals surface area contributed by atoms with Crippen molar-refractivity contribution in [1.29, 1.82) is 0 Å². The maximum Gasteiger partial charge on any atom is 0.228 e. The lowest BCUT2D eigenvalue weighted by atomic mass is 10.0. The fraction of sp³-hybridized carbons (Fsp3) is 0.389. The highest BCUT2D eigenvalue weighted by Gasteiger charge is 2.25. The molecule has 6 nitrogen and oxygen atoms in total. The van der Waals surface area contributed by atoms with Gasteiger partial charge in [-0.15, -0.1) is 0 Å². The summed E-state index contributed by atoms with van der Waals surface area (Å²) in [6, 6.07) is 4.02. The molecule has 4 rings (SSSR count). The molecule has 0 atom stereocenters. The van der Waals surface area contributed by atoms with E-state index in [-0.39, 0.29) is 5.91 Å². The molecule has 0 aromatic carbocycles. The van der Waals surface area contributed by atoms with Crippen LogP contribution < -0.4 is 0 Å². The molecule has 0 aliphatic carbocycles. The summed E-state index contributed by atoms with van der Waals surface area (Å²) < 4.78 is 2.01. The van der Waals surface area contributed by atoms with E-state index in [2.05, 4.69) is 22.1 Å². The van der Waals surface area contributed by atoms with Gasteiger partial charge in [-0.05, 0) is 25.0 Å².